The average molecular weight is 452 g/mol. The van der Waals surface area contributed by atoms with Crippen LogP contribution in [0.2, 0.25) is 0 Å². The molecule has 0 aliphatic heterocycles. The quantitative estimate of drug-likeness (QED) is 0.291. The van der Waals surface area contributed by atoms with Gasteiger partial charge in [-0.1, -0.05) is 31.0 Å². The van der Waals surface area contributed by atoms with Gasteiger partial charge in [-0.05, 0) is 38.3 Å². The maximum Gasteiger partial charge on any atom is 0.308 e. The Morgan fingerprint density at radius 1 is 1.21 bits per heavy atom. The van der Waals surface area contributed by atoms with Crippen molar-refractivity contribution < 1.29 is 18.9 Å². The van der Waals surface area contributed by atoms with Gasteiger partial charge in [0, 0.05) is 42.6 Å². The van der Waals surface area contributed by atoms with Gasteiger partial charge in [0.15, 0.2) is 5.78 Å². The van der Waals surface area contributed by atoms with E-state index in [1.807, 2.05) is 36.0 Å². The summed E-state index contributed by atoms with van der Waals surface area (Å²) in [5, 5.41) is 1.05. The van der Waals surface area contributed by atoms with Crippen LogP contribution in [0.15, 0.2) is 36.7 Å². The molecule has 0 saturated heterocycles. The van der Waals surface area contributed by atoms with Crippen LogP contribution in [-0.4, -0.2) is 27.4 Å². The Morgan fingerprint density at radius 3 is 2.82 bits per heavy atom. The highest BCUT2D eigenvalue weighted by Gasteiger charge is 2.33. The minimum atomic E-state index is -0.173. The fraction of sp³-hybridized carbons (Fsp3) is 0.500. The van der Waals surface area contributed by atoms with Gasteiger partial charge < -0.3 is 15.0 Å². The molecule has 1 aliphatic rings. The van der Waals surface area contributed by atoms with Gasteiger partial charge in [0.25, 0.3) is 5.82 Å². The molecule has 4 rings (SSSR count). The molecule has 2 heterocycles. The third kappa shape index (κ3) is 4.88. The Morgan fingerprint density at radius 2 is 2.00 bits per heavy atom. The van der Waals surface area contributed by atoms with Crippen LogP contribution in [0.1, 0.15) is 60.4 Å². The number of carbonyl (C=O) groups is 2. The molecule has 2 aromatic heterocycles. The number of fused-ring (bicyclic) bond motifs is 3. The van der Waals surface area contributed by atoms with Gasteiger partial charge in [-0.2, -0.15) is 4.57 Å². The number of benzene rings is 1. The molecular weight excluding hydrogens is 416 g/mol. The van der Waals surface area contributed by atoms with Gasteiger partial charge in [-0.25, -0.2) is 4.57 Å². The van der Waals surface area contributed by atoms with E-state index in [1.54, 1.807) is 0 Å². The van der Waals surface area contributed by atoms with Crippen LogP contribution in [0.3, 0.4) is 0 Å². The molecule has 33 heavy (non-hydrogen) atoms. The van der Waals surface area contributed by atoms with E-state index in [4.69, 9.17) is 10.5 Å². The van der Waals surface area contributed by atoms with Gasteiger partial charge >= 0.3 is 5.97 Å². The zero-order valence-electron chi connectivity index (χ0n) is 19.8. The second kappa shape index (κ2) is 10.3. The van der Waals surface area contributed by atoms with Crippen LogP contribution in [0.4, 0.5) is 0 Å². The molecule has 0 amide bonds. The number of unbranched alkanes of at least 4 members (excludes halogenated alkanes) is 3. The van der Waals surface area contributed by atoms with Crippen LogP contribution < -0.4 is 10.3 Å². The molecule has 0 saturated carbocycles. The van der Waals surface area contributed by atoms with Gasteiger partial charge in [0.05, 0.1) is 5.92 Å². The molecule has 1 atom stereocenters. The van der Waals surface area contributed by atoms with Crippen LogP contribution in [0.25, 0.3) is 10.9 Å². The molecular formula is C26H35N4O3+. The van der Waals surface area contributed by atoms with E-state index >= 15 is 0 Å². The number of hydrogen-bond donors (Lipinski definition) is 1. The van der Waals surface area contributed by atoms with Crippen molar-refractivity contribution in [2.45, 2.75) is 65.1 Å². The summed E-state index contributed by atoms with van der Waals surface area (Å²) in [5.41, 5.74) is 8.65. The number of carbonyl (C=O) groups excluding carboxylic acids is 2. The highest BCUT2D eigenvalue weighted by molar-refractivity contribution is 6.11. The summed E-state index contributed by atoms with van der Waals surface area (Å²) in [6.07, 6.45) is 9.97. The summed E-state index contributed by atoms with van der Waals surface area (Å²) in [7, 11) is 2.05. The number of esters is 1. The number of imidazole rings is 1. The lowest BCUT2D eigenvalue weighted by molar-refractivity contribution is -0.732. The molecule has 1 aliphatic carbocycles. The van der Waals surface area contributed by atoms with Crippen LogP contribution in [0, 0.1) is 12.8 Å². The smallest absolute Gasteiger partial charge is 0.308 e. The van der Waals surface area contributed by atoms with E-state index in [1.165, 1.54) is 0 Å². The number of hydrogen-bond acceptors (Lipinski definition) is 4. The summed E-state index contributed by atoms with van der Waals surface area (Å²) < 4.78 is 11.6. The monoisotopic (exact) mass is 451 g/mol. The zero-order chi connectivity index (χ0) is 23.4. The van der Waals surface area contributed by atoms with Crippen molar-refractivity contribution in [3.8, 4) is 0 Å². The van der Waals surface area contributed by atoms with Gasteiger partial charge in [0.1, 0.15) is 18.9 Å². The number of aromatic nitrogens is 3. The maximum atomic E-state index is 13.4. The summed E-state index contributed by atoms with van der Waals surface area (Å²) in [6.45, 7) is 3.53. The Hall–Kier alpha value is -2.93. The molecule has 0 radical (unpaired) electrons. The van der Waals surface area contributed by atoms with Gasteiger partial charge in [-0.15, -0.1) is 0 Å². The standard InChI is InChI=1S/C26H35N4O3/c1-19-29(15-16-30(19)18-33-24(31)11-5-3-4-8-14-27)17-20-12-13-23-25(26(20)32)21-9-6-7-10-22(21)28(23)2/h6-7,9-10,15-16,20H,3-5,8,11-14,17-18,27H2,1-2H3/q+1. The molecule has 7 nitrogen and oxygen atoms in total. The number of rotatable bonds is 10. The largest absolute Gasteiger partial charge is 0.425 e. The summed E-state index contributed by atoms with van der Waals surface area (Å²) in [6, 6.07) is 8.15. The third-order valence-corrected chi connectivity index (χ3v) is 6.95. The second-order valence-electron chi connectivity index (χ2n) is 9.06. The van der Waals surface area contributed by atoms with E-state index in [9.17, 15) is 9.59 Å². The van der Waals surface area contributed by atoms with Crippen molar-refractivity contribution in [3.05, 3.63) is 53.7 Å². The Balaban J connectivity index is 1.37. The Kier molecular flexibility index (Phi) is 7.28. The van der Waals surface area contributed by atoms with Gasteiger partial charge in [0.2, 0.25) is 6.73 Å². The number of nitrogens with two attached hydrogens (primary N) is 1. The van der Waals surface area contributed by atoms with Gasteiger partial charge in [-0.3, -0.25) is 9.59 Å². The number of ether oxygens (including phenoxy) is 1. The van der Waals surface area contributed by atoms with Crippen LogP contribution in [0.5, 0.6) is 0 Å². The fourth-order valence-electron chi connectivity index (χ4n) is 4.92. The molecule has 3 aromatic rings. The fourth-order valence-corrected chi connectivity index (χ4v) is 4.92. The molecule has 1 unspecified atom stereocenters. The third-order valence-electron chi connectivity index (χ3n) is 6.95. The van der Waals surface area contributed by atoms with E-state index in [2.05, 4.69) is 28.3 Å². The normalized spacial score (nSPS) is 15.7. The molecule has 7 heteroatoms. The lowest BCUT2D eigenvalue weighted by atomic mass is 9.85. The van der Waals surface area contributed by atoms with Crippen LogP contribution in [-0.2, 0) is 36.3 Å². The Bertz CT molecular complexity index is 1140. The van der Waals surface area contributed by atoms with Crippen molar-refractivity contribution in [1.29, 1.82) is 0 Å². The first-order valence-electron chi connectivity index (χ1n) is 12.0. The minimum Gasteiger partial charge on any atom is -0.425 e. The maximum absolute atomic E-state index is 13.4. The summed E-state index contributed by atoms with van der Waals surface area (Å²) >= 11 is 0. The Labute approximate surface area is 195 Å². The summed E-state index contributed by atoms with van der Waals surface area (Å²) in [4.78, 5) is 25.5. The molecule has 2 N–H and O–H groups in total. The first kappa shape index (κ1) is 23.2. The number of para-hydroxylation sites is 1. The topological polar surface area (TPSA) is 83.1 Å². The molecule has 1 aromatic carbocycles. The number of nitrogens with zero attached hydrogens (tertiary/aromatic N) is 3. The predicted octanol–water partition coefficient (Wildman–Crippen LogP) is 3.43. The number of Topliss-reactive ketones (excluding diaryl/α,β-unsaturated/α-hetero) is 1. The first-order chi connectivity index (χ1) is 16.0. The molecule has 0 spiro atoms. The molecule has 176 valence electrons. The first-order valence-corrected chi connectivity index (χ1v) is 12.0. The van der Waals surface area contributed by atoms with E-state index in [0.717, 1.165) is 66.5 Å². The highest BCUT2D eigenvalue weighted by Crippen LogP contribution is 2.34. The van der Waals surface area contributed by atoms with Crippen LogP contribution >= 0.6 is 0 Å². The summed E-state index contributed by atoms with van der Waals surface area (Å²) in [5.74, 6) is 0.975. The number of ketones is 1. The predicted molar refractivity (Wildman–Crippen MR) is 127 cm³/mol. The van der Waals surface area contributed by atoms with Crippen molar-refractivity contribution in [1.82, 2.24) is 9.13 Å². The SMILES string of the molecule is Cc1n(CC2CCc3c(c4ccccc4n3C)C2=O)cc[n+]1COC(=O)CCCCCCN. The van der Waals surface area contributed by atoms with Crippen molar-refractivity contribution >= 4 is 22.7 Å². The minimum absolute atomic E-state index is 0.0565. The zero-order valence-corrected chi connectivity index (χ0v) is 19.8. The van der Waals surface area contributed by atoms with Crippen molar-refractivity contribution in [2.24, 2.45) is 18.7 Å². The molecule has 0 fully saturated rings. The number of aryl methyl sites for hydroxylation is 1. The highest BCUT2D eigenvalue weighted by atomic mass is 16.5. The lowest BCUT2D eigenvalue weighted by Gasteiger charge is -2.21. The second-order valence-corrected chi connectivity index (χ2v) is 9.06. The van der Waals surface area contributed by atoms with E-state index in [-0.39, 0.29) is 24.4 Å². The van der Waals surface area contributed by atoms with E-state index in [0.29, 0.717) is 19.5 Å². The average Bonchev–Trinajstić information content (AvgIpc) is 3.31. The van der Waals surface area contributed by atoms with Crippen molar-refractivity contribution in [3.63, 3.8) is 0 Å². The van der Waals surface area contributed by atoms with Crippen molar-refractivity contribution in [2.75, 3.05) is 6.54 Å². The van der Waals surface area contributed by atoms with E-state index < -0.39 is 0 Å². The molecule has 0 bridgehead atoms. The lowest BCUT2D eigenvalue weighted by Crippen LogP contribution is -2.38.